The molecule has 20 heavy (non-hydrogen) atoms. The van der Waals surface area contributed by atoms with E-state index in [0.29, 0.717) is 5.75 Å². The van der Waals surface area contributed by atoms with Crippen molar-refractivity contribution in [3.63, 3.8) is 0 Å². The summed E-state index contributed by atoms with van der Waals surface area (Å²) in [6, 6.07) is 9.96. The highest BCUT2D eigenvalue weighted by Crippen LogP contribution is 2.31. The number of nitrogens with two attached hydrogens (primary N) is 1. The monoisotopic (exact) mass is 276 g/mol. The second kappa shape index (κ2) is 5.66. The Morgan fingerprint density at radius 2 is 1.95 bits per heavy atom. The van der Waals surface area contributed by atoms with Crippen LogP contribution in [0.4, 0.5) is 10.1 Å². The van der Waals surface area contributed by atoms with Gasteiger partial charge in [0.2, 0.25) is 0 Å². The molecule has 0 amide bonds. The van der Waals surface area contributed by atoms with Crippen LogP contribution >= 0.6 is 0 Å². The summed E-state index contributed by atoms with van der Waals surface area (Å²) in [4.78, 5) is 9.88. The third-order valence-corrected chi connectivity index (χ3v) is 2.76. The number of nitrogens with zero attached hydrogens (tertiary/aromatic N) is 1. The Hall–Kier alpha value is -2.47. The van der Waals surface area contributed by atoms with Crippen LogP contribution < -0.4 is 10.5 Å². The van der Waals surface area contributed by atoms with Gasteiger partial charge in [0.25, 0.3) is 5.69 Å². The number of non-ortho nitro benzene ring substituents is 1. The van der Waals surface area contributed by atoms with E-state index in [0.717, 1.165) is 11.6 Å². The van der Waals surface area contributed by atoms with Crippen LogP contribution in [0.2, 0.25) is 0 Å². The average molecular weight is 276 g/mol. The van der Waals surface area contributed by atoms with Crippen LogP contribution in [0, 0.1) is 15.9 Å². The van der Waals surface area contributed by atoms with E-state index in [1.54, 1.807) is 31.2 Å². The van der Waals surface area contributed by atoms with Crippen molar-refractivity contribution in [2.24, 2.45) is 5.73 Å². The van der Waals surface area contributed by atoms with E-state index in [1.807, 2.05) is 0 Å². The molecule has 5 nitrogen and oxygen atoms in total. The van der Waals surface area contributed by atoms with E-state index >= 15 is 0 Å². The van der Waals surface area contributed by atoms with Crippen LogP contribution in [-0.4, -0.2) is 4.92 Å². The van der Waals surface area contributed by atoms with Gasteiger partial charge in [-0.05, 0) is 19.1 Å². The van der Waals surface area contributed by atoms with Crippen molar-refractivity contribution < 1.29 is 14.1 Å². The van der Waals surface area contributed by atoms with Crippen LogP contribution in [-0.2, 0) is 0 Å². The number of hydrogen-bond acceptors (Lipinski definition) is 4. The molecule has 2 aromatic carbocycles. The van der Waals surface area contributed by atoms with Gasteiger partial charge in [0.05, 0.1) is 11.0 Å². The molecule has 2 rings (SSSR count). The van der Waals surface area contributed by atoms with Crippen LogP contribution in [0.5, 0.6) is 11.5 Å². The summed E-state index contributed by atoms with van der Waals surface area (Å²) in [5.74, 6) is -0.447. The third kappa shape index (κ3) is 2.92. The first-order chi connectivity index (χ1) is 9.49. The Kier molecular flexibility index (Phi) is 3.95. The molecule has 0 bridgehead atoms. The summed E-state index contributed by atoms with van der Waals surface area (Å²) in [5, 5.41) is 10.5. The topological polar surface area (TPSA) is 78.4 Å². The fourth-order valence-electron chi connectivity index (χ4n) is 1.75. The highest BCUT2D eigenvalue weighted by molar-refractivity contribution is 5.43. The summed E-state index contributed by atoms with van der Waals surface area (Å²) < 4.78 is 19.2. The van der Waals surface area contributed by atoms with Gasteiger partial charge in [0.15, 0.2) is 11.6 Å². The zero-order valence-corrected chi connectivity index (χ0v) is 10.7. The average Bonchev–Trinajstić information content (AvgIpc) is 2.41. The van der Waals surface area contributed by atoms with Crippen molar-refractivity contribution in [3.8, 4) is 11.5 Å². The van der Waals surface area contributed by atoms with Crippen LogP contribution in [0.3, 0.4) is 0 Å². The normalized spacial score (nSPS) is 11.9. The SMILES string of the molecule is CC(N)c1ccccc1Oc1ccc([N+](=O)[O-])cc1F. The van der Waals surface area contributed by atoms with Gasteiger partial charge >= 0.3 is 0 Å². The molecule has 0 heterocycles. The standard InChI is InChI=1S/C14H13FN2O3/c1-9(16)11-4-2-3-5-13(11)20-14-7-6-10(17(18)19)8-12(14)15/h2-9H,16H2,1H3. The molecule has 0 saturated heterocycles. The van der Waals surface area contributed by atoms with Gasteiger partial charge in [-0.2, -0.15) is 0 Å². The number of nitro benzene ring substituents is 1. The van der Waals surface area contributed by atoms with Crippen LogP contribution in [0.1, 0.15) is 18.5 Å². The summed E-state index contributed by atoms with van der Waals surface area (Å²) in [6.07, 6.45) is 0. The Morgan fingerprint density at radius 3 is 2.55 bits per heavy atom. The summed E-state index contributed by atoms with van der Waals surface area (Å²) in [5.41, 5.74) is 6.21. The smallest absolute Gasteiger partial charge is 0.272 e. The van der Waals surface area contributed by atoms with Crippen molar-refractivity contribution in [2.45, 2.75) is 13.0 Å². The number of para-hydroxylation sites is 1. The number of benzene rings is 2. The first kappa shape index (κ1) is 14.0. The van der Waals surface area contributed by atoms with E-state index in [1.165, 1.54) is 12.1 Å². The predicted octanol–water partition coefficient (Wildman–Crippen LogP) is 3.55. The lowest BCUT2D eigenvalue weighted by atomic mass is 10.1. The summed E-state index contributed by atoms with van der Waals surface area (Å²) in [6.45, 7) is 1.79. The predicted molar refractivity (Wildman–Crippen MR) is 72.2 cm³/mol. The van der Waals surface area contributed by atoms with E-state index in [-0.39, 0.29) is 17.5 Å². The maximum Gasteiger partial charge on any atom is 0.272 e. The number of ether oxygens (including phenoxy) is 1. The quantitative estimate of drug-likeness (QED) is 0.684. The van der Waals surface area contributed by atoms with Crippen molar-refractivity contribution in [1.82, 2.24) is 0 Å². The molecular formula is C14H13FN2O3. The summed E-state index contributed by atoms with van der Waals surface area (Å²) in [7, 11) is 0. The van der Waals surface area contributed by atoms with Crippen molar-refractivity contribution in [1.29, 1.82) is 0 Å². The molecule has 1 atom stereocenters. The van der Waals surface area contributed by atoms with Crippen LogP contribution in [0.15, 0.2) is 42.5 Å². The molecule has 0 aromatic heterocycles. The highest BCUT2D eigenvalue weighted by atomic mass is 19.1. The van der Waals surface area contributed by atoms with Gasteiger partial charge in [-0.25, -0.2) is 4.39 Å². The van der Waals surface area contributed by atoms with Crippen molar-refractivity contribution in [3.05, 3.63) is 64.0 Å². The minimum Gasteiger partial charge on any atom is -0.454 e. The van der Waals surface area contributed by atoms with Gasteiger partial charge in [-0.3, -0.25) is 10.1 Å². The Balaban J connectivity index is 2.33. The highest BCUT2D eigenvalue weighted by Gasteiger charge is 2.14. The lowest BCUT2D eigenvalue weighted by Crippen LogP contribution is -2.06. The minimum absolute atomic E-state index is 0.0799. The lowest BCUT2D eigenvalue weighted by molar-refractivity contribution is -0.385. The van der Waals surface area contributed by atoms with E-state index < -0.39 is 10.7 Å². The van der Waals surface area contributed by atoms with E-state index in [9.17, 15) is 14.5 Å². The molecule has 104 valence electrons. The molecule has 2 aromatic rings. The Bertz CT molecular complexity index is 644. The van der Waals surface area contributed by atoms with Crippen LogP contribution in [0.25, 0.3) is 0 Å². The lowest BCUT2D eigenvalue weighted by Gasteiger charge is -2.13. The molecular weight excluding hydrogens is 263 g/mol. The maximum atomic E-state index is 13.8. The van der Waals surface area contributed by atoms with E-state index in [4.69, 9.17) is 10.5 Å². The van der Waals surface area contributed by atoms with Gasteiger partial charge in [0, 0.05) is 17.7 Å². The zero-order valence-electron chi connectivity index (χ0n) is 10.7. The van der Waals surface area contributed by atoms with Gasteiger partial charge < -0.3 is 10.5 Å². The molecule has 0 fully saturated rings. The molecule has 0 spiro atoms. The van der Waals surface area contributed by atoms with Crippen molar-refractivity contribution in [2.75, 3.05) is 0 Å². The van der Waals surface area contributed by atoms with E-state index in [2.05, 4.69) is 0 Å². The largest absolute Gasteiger partial charge is 0.454 e. The number of rotatable bonds is 4. The number of halogens is 1. The second-order valence-corrected chi connectivity index (χ2v) is 4.30. The molecule has 0 aliphatic rings. The molecule has 0 aliphatic heterocycles. The summed E-state index contributed by atoms with van der Waals surface area (Å²) >= 11 is 0. The molecule has 1 unspecified atom stereocenters. The van der Waals surface area contributed by atoms with Gasteiger partial charge in [-0.15, -0.1) is 0 Å². The molecule has 0 saturated carbocycles. The molecule has 6 heteroatoms. The Labute approximate surface area is 114 Å². The Morgan fingerprint density at radius 1 is 1.25 bits per heavy atom. The zero-order chi connectivity index (χ0) is 14.7. The van der Waals surface area contributed by atoms with Gasteiger partial charge in [0.1, 0.15) is 5.75 Å². The fraction of sp³-hybridized carbons (Fsp3) is 0.143. The molecule has 0 aliphatic carbocycles. The minimum atomic E-state index is -0.793. The maximum absolute atomic E-state index is 13.8. The molecule has 2 N–H and O–H groups in total. The number of nitro groups is 1. The third-order valence-electron chi connectivity index (χ3n) is 2.76. The fourth-order valence-corrected chi connectivity index (χ4v) is 1.75. The second-order valence-electron chi connectivity index (χ2n) is 4.30. The molecule has 0 radical (unpaired) electrons. The van der Waals surface area contributed by atoms with Crippen molar-refractivity contribution >= 4 is 5.69 Å². The first-order valence-electron chi connectivity index (χ1n) is 5.95. The first-order valence-corrected chi connectivity index (χ1v) is 5.95. The number of hydrogen-bond donors (Lipinski definition) is 1. The van der Waals surface area contributed by atoms with Gasteiger partial charge in [-0.1, -0.05) is 18.2 Å².